The molecule has 0 unspecified atom stereocenters. The highest BCUT2D eigenvalue weighted by Gasteiger charge is 2.31. The molecule has 2 N–H and O–H groups in total. The van der Waals surface area contributed by atoms with Gasteiger partial charge in [0.2, 0.25) is 0 Å². The number of aromatic hydroxyl groups is 1. The molecule has 0 fully saturated rings. The molecule has 2 amide bonds. The molecule has 0 saturated heterocycles. The van der Waals surface area contributed by atoms with Crippen LogP contribution in [0.15, 0.2) is 23.1 Å². The summed E-state index contributed by atoms with van der Waals surface area (Å²) in [6.45, 7) is 0. The van der Waals surface area contributed by atoms with E-state index in [9.17, 15) is 18.3 Å². The van der Waals surface area contributed by atoms with Crippen LogP contribution in [0.5, 0.6) is 5.75 Å². The van der Waals surface area contributed by atoms with Crippen molar-refractivity contribution in [2.24, 2.45) is 0 Å². The van der Waals surface area contributed by atoms with Crippen molar-refractivity contribution in [1.29, 1.82) is 0 Å². The molecule has 1 aliphatic heterocycles. The predicted octanol–water partition coefficient (Wildman–Crippen LogP) is 0.240. The van der Waals surface area contributed by atoms with Crippen LogP contribution in [0.3, 0.4) is 0 Å². The smallest absolute Gasteiger partial charge is 0.335 e. The SMILES string of the molecule is CN1C(=O)NS(=O)(=O)c2ccc(O)cc21. The average Bonchev–Trinajstić information content (AvgIpc) is 2.13. The van der Waals surface area contributed by atoms with E-state index in [2.05, 4.69) is 0 Å². The van der Waals surface area contributed by atoms with Gasteiger partial charge in [0, 0.05) is 13.1 Å². The lowest BCUT2D eigenvalue weighted by atomic mass is 10.3. The Morgan fingerprint density at radius 2 is 2.07 bits per heavy atom. The molecule has 1 aliphatic rings. The zero-order valence-corrected chi connectivity index (χ0v) is 8.58. The second kappa shape index (κ2) is 2.86. The van der Waals surface area contributed by atoms with E-state index in [1.54, 1.807) is 0 Å². The molecule has 7 heteroatoms. The largest absolute Gasteiger partial charge is 0.508 e. The Morgan fingerprint density at radius 3 is 2.73 bits per heavy atom. The number of rotatable bonds is 0. The van der Waals surface area contributed by atoms with Crippen molar-refractivity contribution in [1.82, 2.24) is 4.72 Å². The van der Waals surface area contributed by atoms with Crippen molar-refractivity contribution >= 4 is 21.7 Å². The summed E-state index contributed by atoms with van der Waals surface area (Å²) < 4.78 is 24.9. The maximum atomic E-state index is 11.5. The van der Waals surface area contributed by atoms with E-state index in [0.717, 1.165) is 4.90 Å². The van der Waals surface area contributed by atoms with Crippen LogP contribution in [0, 0.1) is 0 Å². The van der Waals surface area contributed by atoms with Gasteiger partial charge in [-0.05, 0) is 12.1 Å². The van der Waals surface area contributed by atoms with Gasteiger partial charge in [0.15, 0.2) is 0 Å². The Balaban J connectivity index is 2.75. The third-order valence-electron chi connectivity index (χ3n) is 2.12. The summed E-state index contributed by atoms with van der Waals surface area (Å²) in [7, 11) is -2.37. The maximum Gasteiger partial charge on any atom is 0.335 e. The van der Waals surface area contributed by atoms with Crippen molar-refractivity contribution in [3.63, 3.8) is 0 Å². The number of carbonyl (C=O) groups excluding carboxylic acids is 1. The standard InChI is InChI=1S/C8H8N2O4S/c1-10-6-4-5(11)2-3-7(6)15(13,14)9-8(10)12/h2-4,11H,1H3,(H,9,12). The van der Waals surface area contributed by atoms with Gasteiger partial charge in [0.25, 0.3) is 10.0 Å². The Bertz CT molecular complexity index is 538. The molecular weight excluding hydrogens is 220 g/mol. The van der Waals surface area contributed by atoms with Crippen LogP contribution in [0.25, 0.3) is 0 Å². The number of sulfonamides is 1. The number of amides is 2. The average molecular weight is 228 g/mol. The van der Waals surface area contributed by atoms with Crippen molar-refractivity contribution in [3.8, 4) is 5.75 Å². The van der Waals surface area contributed by atoms with E-state index in [-0.39, 0.29) is 16.3 Å². The number of fused-ring (bicyclic) bond motifs is 1. The van der Waals surface area contributed by atoms with Gasteiger partial charge in [0.1, 0.15) is 10.6 Å². The highest BCUT2D eigenvalue weighted by Crippen LogP contribution is 2.31. The molecule has 0 radical (unpaired) electrons. The Hall–Kier alpha value is -1.76. The van der Waals surface area contributed by atoms with E-state index in [4.69, 9.17) is 0 Å². The van der Waals surface area contributed by atoms with Crippen LogP contribution in [-0.4, -0.2) is 26.6 Å². The van der Waals surface area contributed by atoms with Gasteiger partial charge in [-0.1, -0.05) is 0 Å². The molecule has 0 aliphatic carbocycles. The molecule has 0 saturated carbocycles. The zero-order valence-electron chi connectivity index (χ0n) is 7.76. The first kappa shape index (κ1) is 9.78. The van der Waals surface area contributed by atoms with E-state index in [0.29, 0.717) is 0 Å². The lowest BCUT2D eigenvalue weighted by molar-refractivity contribution is 0.251. The number of carbonyl (C=O) groups is 1. The van der Waals surface area contributed by atoms with Crippen molar-refractivity contribution < 1.29 is 18.3 Å². The second-order valence-corrected chi connectivity index (χ2v) is 4.77. The molecule has 0 spiro atoms. The number of nitrogens with zero attached hydrogens (tertiary/aromatic N) is 1. The first-order valence-corrected chi connectivity index (χ1v) is 5.53. The fourth-order valence-electron chi connectivity index (χ4n) is 1.34. The Kier molecular flexibility index (Phi) is 1.87. The molecule has 0 aromatic heterocycles. The predicted molar refractivity (Wildman–Crippen MR) is 52.2 cm³/mol. The zero-order chi connectivity index (χ0) is 11.2. The summed E-state index contributed by atoms with van der Waals surface area (Å²) in [5.74, 6) is -0.0921. The van der Waals surface area contributed by atoms with Gasteiger partial charge in [-0.3, -0.25) is 4.90 Å². The van der Waals surface area contributed by atoms with Crippen LogP contribution in [-0.2, 0) is 10.0 Å². The summed E-state index contributed by atoms with van der Waals surface area (Å²) in [6.07, 6.45) is 0. The van der Waals surface area contributed by atoms with Crippen molar-refractivity contribution in [3.05, 3.63) is 18.2 Å². The van der Waals surface area contributed by atoms with E-state index in [1.165, 1.54) is 25.2 Å². The lowest BCUT2D eigenvalue weighted by Gasteiger charge is -2.25. The number of hydrogen-bond acceptors (Lipinski definition) is 4. The molecule has 6 nitrogen and oxygen atoms in total. The third-order valence-corrected chi connectivity index (χ3v) is 3.49. The van der Waals surface area contributed by atoms with Crippen LogP contribution < -0.4 is 9.62 Å². The molecule has 0 bridgehead atoms. The van der Waals surface area contributed by atoms with Gasteiger partial charge in [-0.25, -0.2) is 17.9 Å². The van der Waals surface area contributed by atoms with E-state index in [1.807, 2.05) is 4.72 Å². The van der Waals surface area contributed by atoms with Gasteiger partial charge in [-0.2, -0.15) is 0 Å². The molecular formula is C8H8N2O4S. The number of phenols is 1. The number of hydrogen-bond donors (Lipinski definition) is 2. The lowest BCUT2D eigenvalue weighted by Crippen LogP contribution is -2.45. The topological polar surface area (TPSA) is 86.7 Å². The van der Waals surface area contributed by atoms with Crippen LogP contribution in [0.1, 0.15) is 0 Å². The quantitative estimate of drug-likeness (QED) is 0.666. The normalized spacial score (nSPS) is 18.2. The molecule has 15 heavy (non-hydrogen) atoms. The van der Waals surface area contributed by atoms with Crippen molar-refractivity contribution in [2.75, 3.05) is 11.9 Å². The Morgan fingerprint density at radius 1 is 1.40 bits per heavy atom. The summed E-state index contributed by atoms with van der Waals surface area (Å²) in [5.41, 5.74) is 0.166. The monoisotopic (exact) mass is 228 g/mol. The summed E-state index contributed by atoms with van der Waals surface area (Å²) in [4.78, 5) is 12.3. The van der Waals surface area contributed by atoms with E-state index >= 15 is 0 Å². The van der Waals surface area contributed by atoms with Gasteiger partial charge >= 0.3 is 6.03 Å². The number of urea groups is 1. The fraction of sp³-hybridized carbons (Fsp3) is 0.125. The van der Waals surface area contributed by atoms with E-state index < -0.39 is 16.1 Å². The number of benzene rings is 1. The first-order chi connectivity index (χ1) is 6.92. The second-order valence-electron chi connectivity index (χ2n) is 3.12. The van der Waals surface area contributed by atoms with Crippen molar-refractivity contribution in [2.45, 2.75) is 4.90 Å². The molecule has 0 atom stereocenters. The summed E-state index contributed by atoms with van der Waals surface area (Å²) >= 11 is 0. The third kappa shape index (κ3) is 1.40. The maximum absolute atomic E-state index is 11.5. The molecule has 1 heterocycles. The number of phenolic OH excluding ortho intramolecular Hbond substituents is 1. The van der Waals surface area contributed by atoms with Crippen LogP contribution in [0.2, 0.25) is 0 Å². The minimum atomic E-state index is -3.79. The minimum Gasteiger partial charge on any atom is -0.508 e. The Labute approximate surface area is 86.2 Å². The molecule has 2 rings (SSSR count). The molecule has 1 aromatic rings. The highest BCUT2D eigenvalue weighted by atomic mass is 32.2. The van der Waals surface area contributed by atoms with Crippen LogP contribution in [0.4, 0.5) is 10.5 Å². The minimum absolute atomic E-state index is 0.0256. The molecule has 80 valence electrons. The summed E-state index contributed by atoms with van der Waals surface area (Å²) in [6, 6.07) is 2.98. The number of anilines is 1. The first-order valence-electron chi connectivity index (χ1n) is 4.05. The van der Waals surface area contributed by atoms with Gasteiger partial charge in [0.05, 0.1) is 5.69 Å². The summed E-state index contributed by atoms with van der Waals surface area (Å²) in [5, 5.41) is 9.21. The number of nitrogens with one attached hydrogen (secondary N) is 1. The highest BCUT2D eigenvalue weighted by molar-refractivity contribution is 7.90. The molecule has 1 aromatic carbocycles. The van der Waals surface area contributed by atoms with Crippen LogP contribution >= 0.6 is 0 Å². The van der Waals surface area contributed by atoms with Gasteiger partial charge < -0.3 is 5.11 Å². The fourth-order valence-corrected chi connectivity index (χ4v) is 2.54. The van der Waals surface area contributed by atoms with Gasteiger partial charge in [-0.15, -0.1) is 0 Å².